The number of benzene rings is 2. The maximum absolute atomic E-state index is 13.6. The number of nitrogens with one attached hydrogen (secondary N) is 1. The number of pyridine rings is 1. The van der Waals surface area contributed by atoms with E-state index in [-0.39, 0.29) is 11.7 Å². The minimum absolute atomic E-state index is 0.219. The van der Waals surface area contributed by atoms with Crippen LogP contribution in [0.1, 0.15) is 28.7 Å². The van der Waals surface area contributed by atoms with E-state index in [1.165, 1.54) is 23.5 Å². The van der Waals surface area contributed by atoms with Gasteiger partial charge in [0.05, 0.1) is 5.69 Å². The van der Waals surface area contributed by atoms with Gasteiger partial charge in [-0.3, -0.25) is 9.20 Å². The van der Waals surface area contributed by atoms with Crippen LogP contribution in [-0.2, 0) is 13.0 Å². The summed E-state index contributed by atoms with van der Waals surface area (Å²) < 4.78 is 15.2. The molecule has 0 spiro atoms. The van der Waals surface area contributed by atoms with Gasteiger partial charge in [0.25, 0.3) is 5.91 Å². The lowest BCUT2D eigenvalue weighted by Crippen LogP contribution is -2.46. The fraction of sp³-hybridized carbons (Fsp3) is 0.259. The molecular weight excluding hydrogens is 465 g/mol. The Bertz CT molecular complexity index is 1330. The Hall–Kier alpha value is -3.58. The second-order valence-corrected chi connectivity index (χ2v) is 9.07. The number of imidazole rings is 1. The van der Waals surface area contributed by atoms with E-state index in [1.807, 2.05) is 31.2 Å². The highest BCUT2D eigenvalue weighted by molar-refractivity contribution is 6.30. The lowest BCUT2D eigenvalue weighted by Gasteiger charge is -2.37. The topological polar surface area (TPSA) is 52.9 Å². The molecule has 0 atom stereocenters. The highest BCUT2D eigenvalue weighted by Gasteiger charge is 2.19. The molecule has 1 fully saturated rings. The van der Waals surface area contributed by atoms with Crippen molar-refractivity contribution in [3.63, 3.8) is 0 Å². The van der Waals surface area contributed by atoms with Crippen LogP contribution >= 0.6 is 11.6 Å². The van der Waals surface area contributed by atoms with Crippen LogP contribution in [0.5, 0.6) is 0 Å². The van der Waals surface area contributed by atoms with Crippen LogP contribution in [0, 0.1) is 5.82 Å². The fourth-order valence-corrected chi connectivity index (χ4v) is 4.65. The summed E-state index contributed by atoms with van der Waals surface area (Å²) in [6.45, 7) is 6.11. The van der Waals surface area contributed by atoms with Crippen LogP contribution in [0.3, 0.4) is 0 Å². The van der Waals surface area contributed by atoms with E-state index in [4.69, 9.17) is 11.6 Å². The van der Waals surface area contributed by atoms with Crippen molar-refractivity contribution in [3.05, 3.63) is 94.7 Å². The Labute approximate surface area is 208 Å². The Morgan fingerprint density at radius 1 is 0.971 bits per heavy atom. The number of piperazine rings is 1. The zero-order valence-corrected chi connectivity index (χ0v) is 20.3. The van der Waals surface area contributed by atoms with Gasteiger partial charge >= 0.3 is 0 Å². The standard InChI is InChI=1S/C27H27ClFN5O/c1-2-24-26(34-12-11-21(29)17-25(34)31-24)27(35)30-18-19-3-7-22(8-4-19)32-13-15-33(16-14-32)23-9-5-20(28)6-10-23/h3-12,17H,2,13-16,18H2,1H3,(H,30,35). The molecule has 180 valence electrons. The van der Waals surface area contributed by atoms with E-state index in [1.54, 1.807) is 10.6 Å². The number of aryl methyl sites for hydroxylation is 1. The Kier molecular flexibility index (Phi) is 6.59. The molecule has 2 aromatic heterocycles. The molecule has 6 nitrogen and oxygen atoms in total. The first kappa shape index (κ1) is 23.2. The van der Waals surface area contributed by atoms with Gasteiger partial charge in [0.1, 0.15) is 17.2 Å². The molecule has 1 saturated heterocycles. The molecule has 0 aliphatic carbocycles. The second-order valence-electron chi connectivity index (χ2n) is 8.63. The third-order valence-corrected chi connectivity index (χ3v) is 6.69. The largest absolute Gasteiger partial charge is 0.368 e. The number of hydrogen-bond acceptors (Lipinski definition) is 4. The summed E-state index contributed by atoms with van der Waals surface area (Å²) >= 11 is 6.01. The van der Waals surface area contributed by atoms with Crippen molar-refractivity contribution in [3.8, 4) is 0 Å². The minimum atomic E-state index is -0.372. The summed E-state index contributed by atoms with van der Waals surface area (Å²) in [4.78, 5) is 22.1. The minimum Gasteiger partial charge on any atom is -0.368 e. The molecule has 0 saturated carbocycles. The van der Waals surface area contributed by atoms with Gasteiger partial charge < -0.3 is 15.1 Å². The van der Waals surface area contributed by atoms with Gasteiger partial charge in [-0.05, 0) is 54.4 Å². The summed E-state index contributed by atoms with van der Waals surface area (Å²) in [5.41, 5.74) is 4.93. The Morgan fingerprint density at radius 2 is 1.57 bits per heavy atom. The highest BCUT2D eigenvalue weighted by Crippen LogP contribution is 2.23. The molecule has 8 heteroatoms. The third kappa shape index (κ3) is 4.95. The third-order valence-electron chi connectivity index (χ3n) is 6.44. The highest BCUT2D eigenvalue weighted by atomic mass is 35.5. The van der Waals surface area contributed by atoms with Crippen molar-refractivity contribution in [2.24, 2.45) is 0 Å². The average molecular weight is 492 g/mol. The van der Waals surface area contributed by atoms with Crippen LogP contribution in [-0.4, -0.2) is 41.5 Å². The van der Waals surface area contributed by atoms with E-state index in [0.717, 1.165) is 36.8 Å². The number of nitrogens with zero attached hydrogens (tertiary/aromatic N) is 4. The van der Waals surface area contributed by atoms with Crippen molar-refractivity contribution >= 4 is 34.5 Å². The smallest absolute Gasteiger partial charge is 0.270 e. The van der Waals surface area contributed by atoms with Gasteiger partial charge in [-0.25, -0.2) is 9.37 Å². The molecule has 0 unspecified atom stereocenters. The molecule has 1 N–H and O–H groups in total. The molecule has 1 amide bonds. The van der Waals surface area contributed by atoms with Gasteiger partial charge in [-0.2, -0.15) is 0 Å². The van der Waals surface area contributed by atoms with Gasteiger partial charge in [0.2, 0.25) is 0 Å². The number of anilines is 2. The van der Waals surface area contributed by atoms with Crippen molar-refractivity contribution in [2.75, 3.05) is 36.0 Å². The molecule has 35 heavy (non-hydrogen) atoms. The van der Waals surface area contributed by atoms with E-state index in [0.29, 0.717) is 30.0 Å². The maximum Gasteiger partial charge on any atom is 0.270 e. The molecule has 0 radical (unpaired) electrons. The molecule has 3 heterocycles. The monoisotopic (exact) mass is 491 g/mol. The van der Waals surface area contributed by atoms with Crippen LogP contribution in [0.4, 0.5) is 15.8 Å². The zero-order chi connectivity index (χ0) is 24.4. The zero-order valence-electron chi connectivity index (χ0n) is 19.5. The van der Waals surface area contributed by atoms with Gasteiger partial charge in [-0.1, -0.05) is 30.7 Å². The SMILES string of the molecule is CCc1nc2cc(F)ccn2c1C(=O)NCc1ccc(N2CCN(c3ccc(Cl)cc3)CC2)cc1. The van der Waals surface area contributed by atoms with E-state index < -0.39 is 0 Å². The van der Waals surface area contributed by atoms with Crippen LogP contribution in [0.25, 0.3) is 5.65 Å². The fourth-order valence-electron chi connectivity index (χ4n) is 4.52. The predicted octanol–water partition coefficient (Wildman–Crippen LogP) is 4.95. The van der Waals surface area contributed by atoms with Gasteiger partial charge in [0, 0.05) is 61.4 Å². The molecule has 2 aromatic carbocycles. The normalized spacial score (nSPS) is 13.9. The molecule has 1 aliphatic heterocycles. The van der Waals surface area contributed by atoms with Crippen LogP contribution in [0.15, 0.2) is 66.9 Å². The lowest BCUT2D eigenvalue weighted by atomic mass is 10.1. The average Bonchev–Trinajstić information content (AvgIpc) is 3.26. The van der Waals surface area contributed by atoms with Crippen LogP contribution in [0.2, 0.25) is 5.02 Å². The number of halogens is 2. The Balaban J connectivity index is 1.19. The number of carbonyl (C=O) groups excluding carboxylic acids is 1. The second kappa shape index (κ2) is 9.96. The van der Waals surface area contributed by atoms with Crippen molar-refractivity contribution in [2.45, 2.75) is 19.9 Å². The van der Waals surface area contributed by atoms with E-state index in [9.17, 15) is 9.18 Å². The van der Waals surface area contributed by atoms with Gasteiger partial charge in [-0.15, -0.1) is 0 Å². The molecule has 1 aliphatic rings. The number of carbonyl (C=O) groups is 1. The molecule has 0 bridgehead atoms. The van der Waals surface area contributed by atoms with E-state index >= 15 is 0 Å². The summed E-state index contributed by atoms with van der Waals surface area (Å²) in [7, 11) is 0. The summed E-state index contributed by atoms with van der Waals surface area (Å²) in [5.74, 6) is -0.591. The van der Waals surface area contributed by atoms with Crippen molar-refractivity contribution < 1.29 is 9.18 Å². The molecule has 5 rings (SSSR count). The number of hydrogen-bond donors (Lipinski definition) is 1. The van der Waals surface area contributed by atoms with E-state index in [2.05, 4.69) is 44.4 Å². The summed E-state index contributed by atoms with van der Waals surface area (Å²) in [6, 6.07) is 19.0. The number of fused-ring (bicyclic) bond motifs is 1. The molecular formula is C27H27ClFN5O. The summed E-state index contributed by atoms with van der Waals surface area (Å²) in [6.07, 6.45) is 2.14. The quantitative estimate of drug-likeness (QED) is 0.415. The first-order chi connectivity index (χ1) is 17.0. The molecule has 4 aromatic rings. The Morgan fingerprint density at radius 3 is 2.17 bits per heavy atom. The van der Waals surface area contributed by atoms with Crippen LogP contribution < -0.4 is 15.1 Å². The van der Waals surface area contributed by atoms with Gasteiger partial charge in [0.15, 0.2) is 0 Å². The maximum atomic E-state index is 13.6. The first-order valence-corrected chi connectivity index (χ1v) is 12.2. The lowest BCUT2D eigenvalue weighted by molar-refractivity contribution is 0.0944. The first-order valence-electron chi connectivity index (χ1n) is 11.8. The number of aromatic nitrogens is 2. The predicted molar refractivity (Wildman–Crippen MR) is 138 cm³/mol. The summed E-state index contributed by atoms with van der Waals surface area (Å²) in [5, 5.41) is 3.74. The number of amides is 1. The van der Waals surface area contributed by atoms with Crippen molar-refractivity contribution in [1.29, 1.82) is 0 Å². The van der Waals surface area contributed by atoms with Crippen molar-refractivity contribution in [1.82, 2.24) is 14.7 Å². The number of rotatable bonds is 6.